The van der Waals surface area contributed by atoms with E-state index in [4.69, 9.17) is 11.6 Å². The van der Waals surface area contributed by atoms with E-state index in [1.165, 1.54) is 0 Å². The maximum Gasteiger partial charge on any atom is 0.241 e. The smallest absolute Gasteiger partial charge is 0.241 e. The number of nitrogens with zero attached hydrogens (tertiary/aromatic N) is 1. The molecule has 2 aromatic rings. The van der Waals surface area contributed by atoms with E-state index in [1.54, 1.807) is 12.1 Å². The van der Waals surface area contributed by atoms with Gasteiger partial charge in [-0.05, 0) is 63.1 Å². The van der Waals surface area contributed by atoms with Gasteiger partial charge in [0, 0.05) is 22.9 Å². The molecule has 0 radical (unpaired) electrons. The molecule has 0 bridgehead atoms. The number of rotatable bonds is 5. The van der Waals surface area contributed by atoms with Crippen LogP contribution in [-0.2, 0) is 9.59 Å². The van der Waals surface area contributed by atoms with E-state index in [0.717, 1.165) is 36.3 Å². The van der Waals surface area contributed by atoms with Crippen LogP contribution in [0, 0.1) is 12.8 Å². The molecular weight excluding hydrogens is 374 g/mol. The van der Waals surface area contributed by atoms with Crippen molar-refractivity contribution >= 4 is 34.8 Å². The molecule has 1 aliphatic rings. The predicted octanol–water partition coefficient (Wildman–Crippen LogP) is 4.33. The topological polar surface area (TPSA) is 61.4 Å². The monoisotopic (exact) mass is 399 g/mol. The molecular formula is C22H26ClN3O2. The quantitative estimate of drug-likeness (QED) is 0.786. The minimum absolute atomic E-state index is 0.00851. The summed E-state index contributed by atoms with van der Waals surface area (Å²) in [7, 11) is 0. The third-order valence-electron chi connectivity index (χ3n) is 5.25. The Kier molecular flexibility index (Phi) is 6.70. The van der Waals surface area contributed by atoms with Crippen LogP contribution < -0.4 is 10.6 Å². The van der Waals surface area contributed by atoms with E-state index < -0.39 is 0 Å². The number of piperidine rings is 1. The SMILES string of the molecule is Cc1ccc(Cl)cc1NC(=O)[C@H](C)N1CCC[C@@H](C(=O)Nc2ccccc2)C1. The fourth-order valence-corrected chi connectivity index (χ4v) is 3.64. The Morgan fingerprint density at radius 2 is 1.89 bits per heavy atom. The molecule has 0 aliphatic carbocycles. The molecule has 1 fully saturated rings. The second-order valence-corrected chi connectivity index (χ2v) is 7.75. The summed E-state index contributed by atoms with van der Waals surface area (Å²) in [5.74, 6) is -0.208. The molecule has 5 nitrogen and oxygen atoms in total. The molecule has 2 N–H and O–H groups in total. The lowest BCUT2D eigenvalue weighted by Crippen LogP contribution is -2.49. The number of halogens is 1. The van der Waals surface area contributed by atoms with Gasteiger partial charge in [-0.15, -0.1) is 0 Å². The first-order chi connectivity index (χ1) is 13.4. The Morgan fingerprint density at radius 3 is 2.64 bits per heavy atom. The van der Waals surface area contributed by atoms with Gasteiger partial charge in [0.25, 0.3) is 0 Å². The Balaban J connectivity index is 1.60. The third kappa shape index (κ3) is 5.12. The molecule has 3 rings (SSSR count). The zero-order valence-electron chi connectivity index (χ0n) is 16.2. The van der Waals surface area contributed by atoms with Crippen LogP contribution in [0.4, 0.5) is 11.4 Å². The lowest BCUT2D eigenvalue weighted by molar-refractivity contribution is -0.125. The van der Waals surface area contributed by atoms with Gasteiger partial charge >= 0.3 is 0 Å². The molecule has 2 amide bonds. The van der Waals surface area contributed by atoms with E-state index in [0.29, 0.717) is 11.6 Å². The van der Waals surface area contributed by atoms with Gasteiger partial charge in [-0.2, -0.15) is 0 Å². The molecule has 148 valence electrons. The Bertz CT molecular complexity index is 841. The molecule has 0 aromatic heterocycles. The minimum atomic E-state index is -0.328. The van der Waals surface area contributed by atoms with Crippen molar-refractivity contribution in [2.75, 3.05) is 23.7 Å². The molecule has 0 spiro atoms. The van der Waals surface area contributed by atoms with Crippen molar-refractivity contribution in [3.8, 4) is 0 Å². The van der Waals surface area contributed by atoms with E-state index in [1.807, 2.05) is 50.2 Å². The molecule has 2 atom stereocenters. The predicted molar refractivity (Wildman–Crippen MR) is 114 cm³/mol. The van der Waals surface area contributed by atoms with Gasteiger partial charge in [0.2, 0.25) is 11.8 Å². The van der Waals surface area contributed by atoms with Crippen LogP contribution >= 0.6 is 11.6 Å². The maximum absolute atomic E-state index is 12.7. The number of likely N-dealkylation sites (tertiary alicyclic amines) is 1. The average molecular weight is 400 g/mol. The first-order valence-corrected chi connectivity index (χ1v) is 9.99. The van der Waals surface area contributed by atoms with Gasteiger partial charge in [0.1, 0.15) is 0 Å². The average Bonchev–Trinajstić information content (AvgIpc) is 2.71. The number of aryl methyl sites for hydroxylation is 1. The number of benzene rings is 2. The van der Waals surface area contributed by atoms with Crippen LogP contribution in [0.2, 0.25) is 5.02 Å². The molecule has 1 saturated heterocycles. The molecule has 28 heavy (non-hydrogen) atoms. The molecule has 6 heteroatoms. The van der Waals surface area contributed by atoms with Crippen molar-refractivity contribution in [3.63, 3.8) is 0 Å². The van der Waals surface area contributed by atoms with Crippen LogP contribution in [0.15, 0.2) is 48.5 Å². The van der Waals surface area contributed by atoms with Gasteiger partial charge in [0.15, 0.2) is 0 Å². The second-order valence-electron chi connectivity index (χ2n) is 7.31. The van der Waals surface area contributed by atoms with Crippen molar-refractivity contribution in [1.82, 2.24) is 4.90 Å². The summed E-state index contributed by atoms with van der Waals surface area (Å²) < 4.78 is 0. The number of carbonyl (C=O) groups excluding carboxylic acids is 2. The van der Waals surface area contributed by atoms with Crippen LogP contribution in [0.1, 0.15) is 25.3 Å². The van der Waals surface area contributed by atoms with Gasteiger partial charge in [-0.1, -0.05) is 35.9 Å². The summed E-state index contributed by atoms with van der Waals surface area (Å²) in [5, 5.41) is 6.53. The van der Waals surface area contributed by atoms with E-state index in [9.17, 15) is 9.59 Å². The van der Waals surface area contributed by atoms with Crippen LogP contribution in [0.5, 0.6) is 0 Å². The largest absolute Gasteiger partial charge is 0.326 e. The third-order valence-corrected chi connectivity index (χ3v) is 5.48. The first-order valence-electron chi connectivity index (χ1n) is 9.61. The highest BCUT2D eigenvalue weighted by molar-refractivity contribution is 6.31. The number of carbonyl (C=O) groups is 2. The molecule has 0 saturated carbocycles. The van der Waals surface area contributed by atoms with Crippen molar-refractivity contribution in [1.29, 1.82) is 0 Å². The summed E-state index contributed by atoms with van der Waals surface area (Å²) in [6, 6.07) is 14.6. The number of hydrogen-bond acceptors (Lipinski definition) is 3. The normalized spacial score (nSPS) is 18.3. The van der Waals surface area contributed by atoms with E-state index >= 15 is 0 Å². The zero-order valence-corrected chi connectivity index (χ0v) is 17.0. The van der Waals surface area contributed by atoms with Crippen molar-refractivity contribution in [3.05, 3.63) is 59.1 Å². The van der Waals surface area contributed by atoms with Crippen molar-refractivity contribution < 1.29 is 9.59 Å². The number of amides is 2. The summed E-state index contributed by atoms with van der Waals surface area (Å²) >= 11 is 6.04. The molecule has 0 unspecified atom stereocenters. The highest BCUT2D eigenvalue weighted by atomic mass is 35.5. The number of hydrogen-bond donors (Lipinski definition) is 2. The highest BCUT2D eigenvalue weighted by Crippen LogP contribution is 2.23. The fourth-order valence-electron chi connectivity index (χ4n) is 3.47. The second kappa shape index (κ2) is 9.22. The Hall–Kier alpha value is -2.37. The van der Waals surface area contributed by atoms with Gasteiger partial charge in [-0.25, -0.2) is 0 Å². The van der Waals surface area contributed by atoms with Gasteiger partial charge < -0.3 is 10.6 Å². The number of anilines is 2. The van der Waals surface area contributed by atoms with Crippen LogP contribution in [0.25, 0.3) is 0 Å². The summed E-state index contributed by atoms with van der Waals surface area (Å²) in [6.45, 7) is 5.19. The van der Waals surface area contributed by atoms with Gasteiger partial charge in [0.05, 0.1) is 12.0 Å². The fraction of sp³-hybridized carbons (Fsp3) is 0.364. The maximum atomic E-state index is 12.7. The van der Waals surface area contributed by atoms with E-state index in [2.05, 4.69) is 15.5 Å². The first kappa shape index (κ1) is 20.4. The lowest BCUT2D eigenvalue weighted by atomic mass is 9.95. The zero-order chi connectivity index (χ0) is 20.1. The molecule has 1 heterocycles. The van der Waals surface area contributed by atoms with Crippen molar-refractivity contribution in [2.24, 2.45) is 5.92 Å². The minimum Gasteiger partial charge on any atom is -0.326 e. The Labute approximate surface area is 171 Å². The summed E-state index contributed by atoms with van der Waals surface area (Å²) in [5.41, 5.74) is 2.48. The summed E-state index contributed by atoms with van der Waals surface area (Å²) in [4.78, 5) is 27.4. The van der Waals surface area contributed by atoms with Crippen molar-refractivity contribution in [2.45, 2.75) is 32.7 Å². The molecule has 1 aliphatic heterocycles. The Morgan fingerprint density at radius 1 is 1.14 bits per heavy atom. The van der Waals surface area contributed by atoms with Gasteiger partial charge in [-0.3, -0.25) is 14.5 Å². The number of para-hydroxylation sites is 1. The lowest BCUT2D eigenvalue weighted by Gasteiger charge is -2.35. The highest BCUT2D eigenvalue weighted by Gasteiger charge is 2.31. The number of nitrogens with one attached hydrogen (secondary N) is 2. The van der Waals surface area contributed by atoms with Crippen LogP contribution in [-0.4, -0.2) is 35.8 Å². The summed E-state index contributed by atoms with van der Waals surface area (Å²) in [6.07, 6.45) is 1.72. The molecule has 2 aromatic carbocycles. The standard InChI is InChI=1S/C22H26ClN3O2/c1-15-10-11-18(23)13-20(15)25-21(27)16(2)26-12-6-7-17(14-26)22(28)24-19-8-4-3-5-9-19/h3-5,8-11,13,16-17H,6-7,12,14H2,1-2H3,(H,24,28)(H,25,27)/t16-,17+/m0/s1. The van der Waals surface area contributed by atoms with Crippen LogP contribution in [0.3, 0.4) is 0 Å². The van der Waals surface area contributed by atoms with E-state index in [-0.39, 0.29) is 23.8 Å².